The molecule has 0 aliphatic heterocycles. The number of nitrogens with zero attached hydrogens (tertiary/aromatic N) is 2. The third kappa shape index (κ3) is 2.44. The molecule has 0 bridgehead atoms. The van der Waals surface area contributed by atoms with Gasteiger partial charge in [0.05, 0.1) is 17.6 Å². The maximum absolute atomic E-state index is 5.55. The van der Waals surface area contributed by atoms with Gasteiger partial charge in [-0.3, -0.25) is 4.98 Å². The molecular formula is C15H15N3OS. The molecule has 5 heteroatoms. The van der Waals surface area contributed by atoms with E-state index in [-0.39, 0.29) is 0 Å². The van der Waals surface area contributed by atoms with Crippen LogP contribution in [0.2, 0.25) is 0 Å². The Balaban J connectivity index is 1.88. The first-order valence-corrected chi connectivity index (χ1v) is 7.22. The lowest BCUT2D eigenvalue weighted by Crippen LogP contribution is -1.93. The van der Waals surface area contributed by atoms with Gasteiger partial charge in [0.1, 0.15) is 11.5 Å². The number of pyridine rings is 1. The van der Waals surface area contributed by atoms with Gasteiger partial charge in [0.2, 0.25) is 0 Å². The zero-order valence-electron chi connectivity index (χ0n) is 11.6. The molecule has 102 valence electrons. The van der Waals surface area contributed by atoms with Gasteiger partial charge in [-0.15, -0.1) is 11.3 Å². The van der Waals surface area contributed by atoms with Crippen LogP contribution in [0.25, 0.3) is 11.3 Å². The van der Waals surface area contributed by atoms with Crippen LogP contribution in [-0.2, 0) is 0 Å². The van der Waals surface area contributed by atoms with E-state index in [9.17, 15) is 0 Å². The third-order valence-electron chi connectivity index (χ3n) is 3.10. The van der Waals surface area contributed by atoms with Crippen molar-refractivity contribution in [2.24, 2.45) is 0 Å². The van der Waals surface area contributed by atoms with Crippen LogP contribution in [0.4, 0.5) is 10.8 Å². The molecule has 0 saturated heterocycles. The summed E-state index contributed by atoms with van der Waals surface area (Å²) < 4.78 is 5.55. The lowest BCUT2D eigenvalue weighted by molar-refractivity contribution is 0.505. The summed E-state index contributed by atoms with van der Waals surface area (Å²) >= 11 is 1.57. The summed E-state index contributed by atoms with van der Waals surface area (Å²) in [5.41, 5.74) is 4.11. The highest BCUT2D eigenvalue weighted by Gasteiger charge is 2.11. The fourth-order valence-electron chi connectivity index (χ4n) is 2.05. The molecular weight excluding hydrogens is 270 g/mol. The predicted molar refractivity (Wildman–Crippen MR) is 81.5 cm³/mol. The Hall–Kier alpha value is -2.14. The monoisotopic (exact) mass is 285 g/mol. The summed E-state index contributed by atoms with van der Waals surface area (Å²) in [6.07, 6.45) is 3.59. The second-order valence-corrected chi connectivity index (χ2v) is 5.54. The topological polar surface area (TPSA) is 51.0 Å². The van der Waals surface area contributed by atoms with Crippen molar-refractivity contribution in [1.29, 1.82) is 0 Å². The molecule has 4 nitrogen and oxygen atoms in total. The summed E-state index contributed by atoms with van der Waals surface area (Å²) in [5, 5.41) is 6.19. The van der Waals surface area contributed by atoms with Crippen molar-refractivity contribution in [3.8, 4) is 11.3 Å². The molecule has 0 spiro atoms. The van der Waals surface area contributed by atoms with Gasteiger partial charge in [0.15, 0.2) is 5.13 Å². The van der Waals surface area contributed by atoms with E-state index in [1.54, 1.807) is 17.5 Å². The first-order chi connectivity index (χ1) is 9.63. The summed E-state index contributed by atoms with van der Waals surface area (Å²) in [5.74, 6) is 1.81. The average molecular weight is 285 g/mol. The van der Waals surface area contributed by atoms with Crippen molar-refractivity contribution < 1.29 is 4.42 Å². The molecule has 3 heterocycles. The smallest absolute Gasteiger partial charge is 0.187 e. The van der Waals surface area contributed by atoms with Crippen molar-refractivity contribution in [3.05, 3.63) is 47.0 Å². The largest absolute Gasteiger partial charge is 0.466 e. The Bertz CT molecular complexity index is 745. The normalized spacial score (nSPS) is 10.8. The number of nitrogens with one attached hydrogen (secondary N) is 1. The minimum absolute atomic E-state index is 0.856. The fraction of sp³-hybridized carbons (Fsp3) is 0.200. The lowest BCUT2D eigenvalue weighted by Gasteiger charge is -2.04. The van der Waals surface area contributed by atoms with Gasteiger partial charge in [0, 0.05) is 17.1 Å². The minimum atomic E-state index is 0.856. The van der Waals surface area contributed by atoms with Crippen molar-refractivity contribution in [3.63, 3.8) is 0 Å². The number of hydrogen-bond donors (Lipinski definition) is 1. The van der Waals surface area contributed by atoms with E-state index in [2.05, 4.69) is 15.3 Å². The molecule has 1 N–H and O–H groups in total. The van der Waals surface area contributed by atoms with Crippen LogP contribution in [0, 0.1) is 20.8 Å². The van der Waals surface area contributed by atoms with Crippen molar-refractivity contribution in [2.75, 3.05) is 5.32 Å². The first-order valence-electron chi connectivity index (χ1n) is 6.34. The number of rotatable bonds is 3. The number of anilines is 2. The zero-order valence-corrected chi connectivity index (χ0v) is 12.4. The number of aryl methyl sites for hydroxylation is 3. The van der Waals surface area contributed by atoms with Crippen LogP contribution < -0.4 is 5.32 Å². The fourth-order valence-corrected chi connectivity index (χ4v) is 2.77. The molecule has 0 unspecified atom stereocenters. The van der Waals surface area contributed by atoms with Gasteiger partial charge in [0.25, 0.3) is 0 Å². The van der Waals surface area contributed by atoms with Gasteiger partial charge < -0.3 is 9.73 Å². The summed E-state index contributed by atoms with van der Waals surface area (Å²) in [6.45, 7) is 5.95. The molecule has 0 amide bonds. The third-order valence-corrected chi connectivity index (χ3v) is 3.86. The van der Waals surface area contributed by atoms with Crippen LogP contribution in [0.1, 0.15) is 17.1 Å². The van der Waals surface area contributed by atoms with Gasteiger partial charge in [-0.05, 0) is 38.5 Å². The Morgan fingerprint density at radius 3 is 2.80 bits per heavy atom. The Morgan fingerprint density at radius 2 is 2.10 bits per heavy atom. The Morgan fingerprint density at radius 1 is 1.25 bits per heavy atom. The second kappa shape index (κ2) is 5.09. The minimum Gasteiger partial charge on any atom is -0.466 e. The summed E-state index contributed by atoms with van der Waals surface area (Å²) in [7, 11) is 0. The molecule has 0 aliphatic rings. The van der Waals surface area contributed by atoms with Gasteiger partial charge in [-0.2, -0.15) is 0 Å². The molecule has 0 radical (unpaired) electrons. The second-order valence-electron chi connectivity index (χ2n) is 4.68. The number of furan rings is 1. The maximum Gasteiger partial charge on any atom is 0.187 e. The van der Waals surface area contributed by atoms with E-state index in [4.69, 9.17) is 4.42 Å². The highest BCUT2D eigenvalue weighted by atomic mass is 32.1. The van der Waals surface area contributed by atoms with Crippen LogP contribution in [0.15, 0.2) is 34.3 Å². The number of hydrogen-bond acceptors (Lipinski definition) is 5. The molecule has 0 fully saturated rings. The highest BCUT2D eigenvalue weighted by molar-refractivity contribution is 7.14. The van der Waals surface area contributed by atoms with E-state index in [1.165, 1.54) is 0 Å². The van der Waals surface area contributed by atoms with Crippen LogP contribution in [-0.4, -0.2) is 9.97 Å². The molecule has 0 saturated carbocycles. The SMILES string of the molecule is Cc1cc(-c2csc(Nc3cnccc3C)n2)c(C)o1. The molecule has 0 aromatic carbocycles. The van der Waals surface area contributed by atoms with E-state index < -0.39 is 0 Å². The predicted octanol–water partition coefficient (Wildman–Crippen LogP) is 4.47. The summed E-state index contributed by atoms with van der Waals surface area (Å²) in [4.78, 5) is 8.73. The maximum atomic E-state index is 5.55. The lowest BCUT2D eigenvalue weighted by atomic mass is 10.2. The van der Waals surface area contributed by atoms with E-state index in [0.717, 1.165) is 39.2 Å². The standard InChI is InChI=1S/C15H15N3OS/c1-9-4-5-16-7-13(9)17-15-18-14(8-20-15)12-6-10(2)19-11(12)3/h4-8H,1-3H3,(H,17,18). The van der Waals surface area contributed by atoms with E-state index in [1.807, 2.05) is 44.5 Å². The summed E-state index contributed by atoms with van der Waals surface area (Å²) in [6, 6.07) is 3.99. The first kappa shape index (κ1) is 12.9. The van der Waals surface area contributed by atoms with Gasteiger partial charge in [-0.25, -0.2) is 4.98 Å². The van der Waals surface area contributed by atoms with Crippen LogP contribution >= 0.6 is 11.3 Å². The molecule has 3 aromatic rings. The van der Waals surface area contributed by atoms with E-state index in [0.29, 0.717) is 0 Å². The Labute approximate surface area is 121 Å². The van der Waals surface area contributed by atoms with Crippen molar-refractivity contribution in [1.82, 2.24) is 9.97 Å². The van der Waals surface area contributed by atoms with Crippen LogP contribution in [0.5, 0.6) is 0 Å². The molecule has 0 atom stereocenters. The quantitative estimate of drug-likeness (QED) is 0.771. The Kier molecular flexibility index (Phi) is 3.28. The van der Waals surface area contributed by atoms with Crippen LogP contribution in [0.3, 0.4) is 0 Å². The zero-order chi connectivity index (χ0) is 14.1. The molecule has 0 aliphatic carbocycles. The number of aromatic nitrogens is 2. The number of thiazole rings is 1. The average Bonchev–Trinajstić information content (AvgIpc) is 2.99. The molecule has 3 rings (SSSR count). The van der Waals surface area contributed by atoms with E-state index >= 15 is 0 Å². The van der Waals surface area contributed by atoms with Crippen molar-refractivity contribution >= 4 is 22.2 Å². The molecule has 20 heavy (non-hydrogen) atoms. The molecule has 3 aromatic heterocycles. The van der Waals surface area contributed by atoms with Gasteiger partial charge in [-0.1, -0.05) is 0 Å². The van der Waals surface area contributed by atoms with Crippen molar-refractivity contribution in [2.45, 2.75) is 20.8 Å². The highest BCUT2D eigenvalue weighted by Crippen LogP contribution is 2.31. The van der Waals surface area contributed by atoms with Gasteiger partial charge >= 0.3 is 0 Å².